The molecule has 2 N–H and O–H groups in total. The molecule has 1 saturated heterocycles. The lowest BCUT2D eigenvalue weighted by Gasteiger charge is -2.34. The second-order valence-corrected chi connectivity index (χ2v) is 5.97. The molecule has 1 aromatic carbocycles. The Bertz CT molecular complexity index is 710. The zero-order valence-electron chi connectivity index (χ0n) is 14.7. The molecule has 1 aromatic heterocycles. The van der Waals surface area contributed by atoms with Crippen molar-refractivity contribution >= 4 is 23.2 Å². The molecule has 0 atom stereocenters. The van der Waals surface area contributed by atoms with E-state index in [2.05, 4.69) is 32.4 Å². The van der Waals surface area contributed by atoms with E-state index in [1.165, 1.54) is 6.33 Å². The van der Waals surface area contributed by atoms with Crippen LogP contribution in [0.1, 0.15) is 17.3 Å². The summed E-state index contributed by atoms with van der Waals surface area (Å²) in [5.41, 5.74) is 1.60. The van der Waals surface area contributed by atoms with Crippen LogP contribution in [0.5, 0.6) is 0 Å². The summed E-state index contributed by atoms with van der Waals surface area (Å²) in [6, 6.07) is 9.34. The normalized spacial score (nSPS) is 15.0. The molecule has 2 heterocycles. The van der Waals surface area contributed by atoms with Crippen LogP contribution in [0.25, 0.3) is 0 Å². The fourth-order valence-corrected chi connectivity index (χ4v) is 2.86. The molecule has 0 bridgehead atoms. The molecule has 1 fully saturated rings. The zero-order valence-corrected chi connectivity index (χ0v) is 14.7. The molecule has 7 heteroatoms. The first-order valence-corrected chi connectivity index (χ1v) is 8.58. The number of nitrogens with zero attached hydrogens (tertiary/aromatic N) is 4. The smallest absolute Gasteiger partial charge is 0.253 e. The molecule has 0 unspecified atom stereocenters. The third kappa shape index (κ3) is 4.24. The van der Waals surface area contributed by atoms with E-state index in [1.54, 1.807) is 0 Å². The number of piperazine rings is 1. The summed E-state index contributed by atoms with van der Waals surface area (Å²) in [4.78, 5) is 25.2. The van der Waals surface area contributed by atoms with Gasteiger partial charge in [-0.25, -0.2) is 9.97 Å². The van der Waals surface area contributed by atoms with E-state index in [1.807, 2.05) is 42.3 Å². The lowest BCUT2D eigenvalue weighted by Crippen LogP contribution is -2.48. The van der Waals surface area contributed by atoms with E-state index in [9.17, 15) is 4.79 Å². The monoisotopic (exact) mass is 340 g/mol. The third-order valence-corrected chi connectivity index (χ3v) is 4.43. The molecule has 132 valence electrons. The summed E-state index contributed by atoms with van der Waals surface area (Å²) in [5, 5.41) is 6.19. The van der Waals surface area contributed by atoms with Crippen LogP contribution in [0, 0.1) is 0 Å². The topological polar surface area (TPSA) is 73.4 Å². The molecule has 7 nitrogen and oxygen atoms in total. The Kier molecular flexibility index (Phi) is 5.45. The second kappa shape index (κ2) is 7.94. The average molecular weight is 340 g/mol. The van der Waals surface area contributed by atoms with Crippen molar-refractivity contribution in [2.45, 2.75) is 6.92 Å². The molecule has 25 heavy (non-hydrogen) atoms. The first-order chi connectivity index (χ1) is 12.2. The molecule has 0 spiro atoms. The summed E-state index contributed by atoms with van der Waals surface area (Å²) in [5.74, 6) is 1.55. The van der Waals surface area contributed by atoms with Crippen molar-refractivity contribution in [3.8, 4) is 0 Å². The number of anilines is 3. The van der Waals surface area contributed by atoms with Crippen molar-refractivity contribution < 1.29 is 4.79 Å². The standard InChI is InChI=1S/C18H24N6O/c1-3-23-8-10-24(11-9-23)18(25)14-4-6-15(7-5-14)22-17-12-16(19-2)20-13-21-17/h4-7,12-13H,3,8-11H2,1-2H3,(H2,19,20,21,22). The van der Waals surface area contributed by atoms with Gasteiger partial charge in [-0.1, -0.05) is 6.92 Å². The Labute approximate surface area is 148 Å². The number of aromatic nitrogens is 2. The summed E-state index contributed by atoms with van der Waals surface area (Å²) in [7, 11) is 1.81. The Morgan fingerprint density at radius 1 is 1.08 bits per heavy atom. The van der Waals surface area contributed by atoms with Gasteiger partial charge in [0, 0.05) is 50.5 Å². The van der Waals surface area contributed by atoms with Crippen molar-refractivity contribution in [2.24, 2.45) is 0 Å². The number of carbonyl (C=O) groups excluding carboxylic acids is 1. The number of nitrogens with one attached hydrogen (secondary N) is 2. The van der Waals surface area contributed by atoms with Crippen LogP contribution in [0.2, 0.25) is 0 Å². The molecule has 0 aliphatic carbocycles. The van der Waals surface area contributed by atoms with Crippen LogP contribution in [0.4, 0.5) is 17.3 Å². The average Bonchev–Trinajstić information content (AvgIpc) is 2.68. The molecular weight excluding hydrogens is 316 g/mol. The number of benzene rings is 1. The Morgan fingerprint density at radius 2 is 1.76 bits per heavy atom. The fourth-order valence-electron chi connectivity index (χ4n) is 2.86. The Balaban J connectivity index is 1.62. The van der Waals surface area contributed by atoms with Gasteiger partial charge in [-0.3, -0.25) is 4.79 Å². The number of likely N-dealkylation sites (N-methyl/N-ethyl adjacent to an activating group) is 1. The molecule has 3 rings (SSSR count). The number of rotatable bonds is 5. The van der Waals surface area contributed by atoms with Gasteiger partial charge >= 0.3 is 0 Å². The largest absolute Gasteiger partial charge is 0.373 e. The van der Waals surface area contributed by atoms with Crippen molar-refractivity contribution in [1.29, 1.82) is 0 Å². The maximum atomic E-state index is 12.6. The first kappa shape index (κ1) is 17.2. The van der Waals surface area contributed by atoms with E-state index in [4.69, 9.17) is 0 Å². The van der Waals surface area contributed by atoms with E-state index in [-0.39, 0.29) is 5.91 Å². The van der Waals surface area contributed by atoms with Gasteiger partial charge in [-0.2, -0.15) is 0 Å². The highest BCUT2D eigenvalue weighted by atomic mass is 16.2. The van der Waals surface area contributed by atoms with Crippen molar-refractivity contribution in [1.82, 2.24) is 19.8 Å². The van der Waals surface area contributed by atoms with Crippen LogP contribution in [-0.2, 0) is 0 Å². The van der Waals surface area contributed by atoms with Gasteiger partial charge < -0.3 is 20.4 Å². The molecule has 1 amide bonds. The highest BCUT2D eigenvalue weighted by Gasteiger charge is 2.21. The predicted octanol–water partition coefficient (Wildman–Crippen LogP) is 2.04. The lowest BCUT2D eigenvalue weighted by molar-refractivity contribution is 0.0643. The minimum absolute atomic E-state index is 0.0989. The van der Waals surface area contributed by atoms with Gasteiger partial charge in [-0.15, -0.1) is 0 Å². The highest BCUT2D eigenvalue weighted by molar-refractivity contribution is 5.94. The summed E-state index contributed by atoms with van der Waals surface area (Å²) >= 11 is 0. The summed E-state index contributed by atoms with van der Waals surface area (Å²) in [6.45, 7) is 6.68. The van der Waals surface area contributed by atoms with Crippen molar-refractivity contribution in [2.75, 3.05) is 50.4 Å². The summed E-state index contributed by atoms with van der Waals surface area (Å²) in [6.07, 6.45) is 1.50. The van der Waals surface area contributed by atoms with Gasteiger partial charge in [0.15, 0.2) is 0 Å². The Morgan fingerprint density at radius 3 is 2.40 bits per heavy atom. The molecule has 0 radical (unpaired) electrons. The van der Waals surface area contributed by atoms with Gasteiger partial charge in [0.2, 0.25) is 0 Å². The first-order valence-electron chi connectivity index (χ1n) is 8.58. The minimum atomic E-state index is 0.0989. The highest BCUT2D eigenvalue weighted by Crippen LogP contribution is 2.18. The third-order valence-electron chi connectivity index (χ3n) is 4.43. The van der Waals surface area contributed by atoms with E-state index < -0.39 is 0 Å². The quantitative estimate of drug-likeness (QED) is 0.868. The van der Waals surface area contributed by atoms with E-state index in [0.29, 0.717) is 11.4 Å². The number of carbonyl (C=O) groups is 1. The van der Waals surface area contributed by atoms with Gasteiger partial charge in [0.05, 0.1) is 0 Å². The number of hydrogen-bond acceptors (Lipinski definition) is 6. The summed E-state index contributed by atoms with van der Waals surface area (Å²) < 4.78 is 0. The van der Waals surface area contributed by atoms with Crippen molar-refractivity contribution in [3.05, 3.63) is 42.2 Å². The van der Waals surface area contributed by atoms with Crippen LogP contribution < -0.4 is 10.6 Å². The maximum absolute atomic E-state index is 12.6. The van der Waals surface area contributed by atoms with Crippen LogP contribution in [0.3, 0.4) is 0 Å². The molecule has 1 aliphatic rings. The van der Waals surface area contributed by atoms with Crippen molar-refractivity contribution in [3.63, 3.8) is 0 Å². The van der Waals surface area contributed by atoms with Gasteiger partial charge in [0.25, 0.3) is 5.91 Å². The van der Waals surface area contributed by atoms with Gasteiger partial charge in [-0.05, 0) is 30.8 Å². The number of hydrogen-bond donors (Lipinski definition) is 2. The Hall–Kier alpha value is -2.67. The van der Waals surface area contributed by atoms with Crippen LogP contribution in [0.15, 0.2) is 36.7 Å². The minimum Gasteiger partial charge on any atom is -0.373 e. The second-order valence-electron chi connectivity index (χ2n) is 5.97. The van der Waals surface area contributed by atoms with E-state index in [0.717, 1.165) is 44.2 Å². The predicted molar refractivity (Wildman–Crippen MR) is 99.3 cm³/mol. The van der Waals surface area contributed by atoms with E-state index >= 15 is 0 Å². The lowest BCUT2D eigenvalue weighted by atomic mass is 10.1. The van der Waals surface area contributed by atoms with Gasteiger partial charge in [0.1, 0.15) is 18.0 Å². The number of amides is 1. The van der Waals surface area contributed by atoms with Crippen LogP contribution >= 0.6 is 0 Å². The maximum Gasteiger partial charge on any atom is 0.253 e. The molecular formula is C18H24N6O. The molecule has 0 saturated carbocycles. The van der Waals surface area contributed by atoms with Crippen LogP contribution in [-0.4, -0.2) is 65.4 Å². The zero-order chi connectivity index (χ0) is 17.6. The molecule has 2 aromatic rings. The fraction of sp³-hybridized carbons (Fsp3) is 0.389. The SMILES string of the molecule is CCN1CCN(C(=O)c2ccc(Nc3cc(NC)ncn3)cc2)CC1. The molecule has 1 aliphatic heterocycles.